The number of nitrogens with zero attached hydrogens (tertiary/aromatic N) is 2. The Labute approximate surface area is 127 Å². The topological polar surface area (TPSA) is 29.9 Å². The number of thioether (sulfide) groups is 1. The number of aromatic nitrogens is 2. The van der Waals surface area contributed by atoms with Crippen LogP contribution in [0.5, 0.6) is 0 Å². The average molecular weight is 295 g/mol. The summed E-state index contributed by atoms with van der Waals surface area (Å²) in [5.41, 5.74) is 1.18. The highest BCUT2D eigenvalue weighted by molar-refractivity contribution is 7.99. The molecule has 1 N–H and O–H groups in total. The van der Waals surface area contributed by atoms with Gasteiger partial charge in [-0.15, -0.1) is 0 Å². The van der Waals surface area contributed by atoms with Crippen molar-refractivity contribution in [3.63, 3.8) is 0 Å². The van der Waals surface area contributed by atoms with E-state index in [1.165, 1.54) is 30.7 Å². The predicted molar refractivity (Wildman–Crippen MR) is 88.2 cm³/mol. The lowest BCUT2D eigenvalue weighted by atomic mass is 10.2. The highest BCUT2D eigenvalue weighted by Crippen LogP contribution is 2.29. The Balaban J connectivity index is 1.77. The molecule has 0 saturated heterocycles. The van der Waals surface area contributed by atoms with Gasteiger partial charge in [0.05, 0.1) is 11.7 Å². The van der Waals surface area contributed by atoms with Gasteiger partial charge in [-0.25, -0.2) is 0 Å². The summed E-state index contributed by atoms with van der Waals surface area (Å²) < 4.78 is 2.14. The van der Waals surface area contributed by atoms with Crippen molar-refractivity contribution >= 4 is 11.8 Å². The molecule has 0 spiro atoms. The minimum atomic E-state index is 0.556. The molecular weight excluding hydrogens is 266 g/mol. The summed E-state index contributed by atoms with van der Waals surface area (Å²) in [6.07, 6.45) is 8.47. The molecule has 2 atom stereocenters. The van der Waals surface area contributed by atoms with Crippen molar-refractivity contribution in [2.75, 3.05) is 5.75 Å². The van der Waals surface area contributed by atoms with Gasteiger partial charge in [-0.3, -0.25) is 4.68 Å². The van der Waals surface area contributed by atoms with Crippen molar-refractivity contribution in [3.8, 4) is 0 Å². The average Bonchev–Trinajstić information content (AvgIpc) is 3.08. The van der Waals surface area contributed by atoms with Crippen LogP contribution in [0.4, 0.5) is 0 Å². The third kappa shape index (κ3) is 4.26. The van der Waals surface area contributed by atoms with Crippen molar-refractivity contribution in [1.82, 2.24) is 15.1 Å². The summed E-state index contributed by atoms with van der Waals surface area (Å²) >= 11 is 2.12. The second kappa shape index (κ2) is 8.08. The van der Waals surface area contributed by atoms with Crippen LogP contribution in [0.2, 0.25) is 0 Å². The molecule has 2 unspecified atom stereocenters. The zero-order valence-electron chi connectivity index (χ0n) is 13.1. The Kier molecular flexibility index (Phi) is 6.43. The zero-order valence-corrected chi connectivity index (χ0v) is 14.0. The van der Waals surface area contributed by atoms with Crippen molar-refractivity contribution in [3.05, 3.63) is 18.0 Å². The fraction of sp³-hybridized carbons (Fsp3) is 0.812. The quantitative estimate of drug-likeness (QED) is 0.786. The van der Waals surface area contributed by atoms with Crippen LogP contribution in [0, 0.1) is 0 Å². The summed E-state index contributed by atoms with van der Waals surface area (Å²) in [6.45, 7) is 7.65. The van der Waals surface area contributed by atoms with Crippen molar-refractivity contribution in [1.29, 1.82) is 0 Å². The van der Waals surface area contributed by atoms with Gasteiger partial charge in [-0.05, 0) is 43.9 Å². The summed E-state index contributed by atoms with van der Waals surface area (Å²) in [4.78, 5) is 0. The largest absolute Gasteiger partial charge is 0.308 e. The second-order valence-electron chi connectivity index (χ2n) is 5.73. The monoisotopic (exact) mass is 295 g/mol. The molecule has 20 heavy (non-hydrogen) atoms. The van der Waals surface area contributed by atoms with Gasteiger partial charge >= 0.3 is 0 Å². The first-order valence-corrected chi connectivity index (χ1v) is 9.20. The summed E-state index contributed by atoms with van der Waals surface area (Å²) in [6, 6.07) is 3.41. The molecule has 1 aromatic heterocycles. The number of hydrogen-bond donors (Lipinski definition) is 1. The molecule has 0 aromatic carbocycles. The third-order valence-electron chi connectivity index (χ3n) is 4.34. The van der Waals surface area contributed by atoms with E-state index < -0.39 is 0 Å². The molecule has 3 nitrogen and oxygen atoms in total. The maximum atomic E-state index is 4.72. The van der Waals surface area contributed by atoms with E-state index in [2.05, 4.69) is 54.8 Å². The van der Waals surface area contributed by atoms with Crippen molar-refractivity contribution < 1.29 is 0 Å². The molecule has 4 heteroatoms. The fourth-order valence-corrected chi connectivity index (χ4v) is 4.24. The lowest BCUT2D eigenvalue weighted by Crippen LogP contribution is -2.26. The Bertz CT molecular complexity index is 387. The van der Waals surface area contributed by atoms with Crippen LogP contribution in [0.3, 0.4) is 0 Å². The van der Waals surface area contributed by atoms with Gasteiger partial charge in [0.2, 0.25) is 0 Å². The van der Waals surface area contributed by atoms with E-state index in [-0.39, 0.29) is 0 Å². The lowest BCUT2D eigenvalue weighted by Gasteiger charge is -2.13. The minimum absolute atomic E-state index is 0.556. The molecule has 0 radical (unpaired) electrons. The molecular formula is C16H29N3S. The number of rotatable bonds is 8. The van der Waals surface area contributed by atoms with Crippen LogP contribution in [0.15, 0.2) is 12.3 Å². The van der Waals surface area contributed by atoms with Crippen LogP contribution in [-0.2, 0) is 6.54 Å². The fourth-order valence-electron chi connectivity index (χ4n) is 3.10. The van der Waals surface area contributed by atoms with Crippen LogP contribution >= 0.6 is 11.8 Å². The molecule has 2 rings (SSSR count). The Hall–Kier alpha value is -0.480. The molecule has 0 aliphatic heterocycles. The summed E-state index contributed by atoms with van der Waals surface area (Å²) in [5, 5.41) is 9.28. The van der Waals surface area contributed by atoms with E-state index >= 15 is 0 Å². The summed E-state index contributed by atoms with van der Waals surface area (Å²) in [7, 11) is 0. The maximum Gasteiger partial charge on any atom is 0.0762 e. The normalized spacial score (nSPS) is 22.8. The first kappa shape index (κ1) is 15.9. The Morgan fingerprint density at radius 3 is 2.85 bits per heavy atom. The number of nitrogens with one attached hydrogen (secondary N) is 1. The lowest BCUT2D eigenvalue weighted by molar-refractivity contribution is 0.422. The minimum Gasteiger partial charge on any atom is -0.308 e. The molecule has 1 saturated carbocycles. The van der Waals surface area contributed by atoms with Crippen LogP contribution in [0.25, 0.3) is 0 Å². The smallest absolute Gasteiger partial charge is 0.0762 e. The third-order valence-corrected chi connectivity index (χ3v) is 5.57. The Morgan fingerprint density at radius 1 is 1.35 bits per heavy atom. The highest BCUT2D eigenvalue weighted by atomic mass is 32.2. The van der Waals surface area contributed by atoms with Gasteiger partial charge in [-0.1, -0.05) is 20.8 Å². The van der Waals surface area contributed by atoms with Gasteiger partial charge in [-0.2, -0.15) is 16.9 Å². The van der Waals surface area contributed by atoms with Gasteiger partial charge < -0.3 is 5.32 Å². The highest BCUT2D eigenvalue weighted by Gasteiger charge is 2.24. The predicted octanol–water partition coefficient (Wildman–Crippen LogP) is 4.01. The van der Waals surface area contributed by atoms with Gasteiger partial charge in [0, 0.05) is 24.0 Å². The van der Waals surface area contributed by atoms with Gasteiger partial charge in [0.15, 0.2) is 0 Å². The van der Waals surface area contributed by atoms with Crippen molar-refractivity contribution in [2.45, 2.75) is 76.8 Å². The molecule has 1 aromatic rings. The van der Waals surface area contributed by atoms with E-state index in [1.54, 1.807) is 0 Å². The SMILES string of the molecule is CCSC1CCC(NCc2ccn(C(CC)CC)n2)C1. The molecule has 0 bridgehead atoms. The molecule has 1 fully saturated rings. The molecule has 114 valence electrons. The molecule has 1 aliphatic rings. The van der Waals surface area contributed by atoms with Crippen LogP contribution < -0.4 is 5.32 Å². The van der Waals surface area contributed by atoms with E-state index in [4.69, 9.17) is 5.10 Å². The van der Waals surface area contributed by atoms with Crippen molar-refractivity contribution in [2.24, 2.45) is 0 Å². The standard InChI is InChI=1S/C16H29N3S/c1-4-15(5-2)19-10-9-14(18-19)12-17-13-7-8-16(11-13)20-6-3/h9-10,13,15-17H,4-8,11-12H2,1-3H3. The second-order valence-corrected chi connectivity index (χ2v) is 7.30. The molecule has 1 heterocycles. The van der Waals surface area contributed by atoms with Gasteiger partial charge in [0.1, 0.15) is 0 Å². The first-order valence-electron chi connectivity index (χ1n) is 8.15. The van der Waals surface area contributed by atoms with E-state index in [0.717, 1.165) is 24.6 Å². The van der Waals surface area contributed by atoms with Crippen LogP contribution in [-0.4, -0.2) is 26.8 Å². The van der Waals surface area contributed by atoms with E-state index in [0.29, 0.717) is 12.1 Å². The number of hydrogen-bond acceptors (Lipinski definition) is 3. The zero-order chi connectivity index (χ0) is 14.4. The molecule has 1 aliphatic carbocycles. The summed E-state index contributed by atoms with van der Waals surface area (Å²) in [5.74, 6) is 1.25. The van der Waals surface area contributed by atoms with E-state index in [9.17, 15) is 0 Å². The maximum absolute atomic E-state index is 4.72. The Morgan fingerprint density at radius 2 is 2.15 bits per heavy atom. The molecule has 0 amide bonds. The van der Waals surface area contributed by atoms with Gasteiger partial charge in [0.25, 0.3) is 0 Å². The van der Waals surface area contributed by atoms with Crippen LogP contribution in [0.1, 0.15) is 64.6 Å². The first-order chi connectivity index (χ1) is 9.76. The van der Waals surface area contributed by atoms with E-state index in [1.807, 2.05) is 0 Å².